The minimum absolute atomic E-state index is 1.23. The molecule has 0 nitrogen and oxygen atoms in total. The van der Waals surface area contributed by atoms with E-state index in [1.807, 2.05) is 48.5 Å². The number of rotatable bonds is 3. The van der Waals surface area contributed by atoms with E-state index in [0.29, 0.717) is 0 Å². The van der Waals surface area contributed by atoms with E-state index in [9.17, 15) is 0 Å². The molecular weight excluding hydrogens is 312 g/mol. The molecule has 0 saturated heterocycles. The Morgan fingerprint density at radius 3 is 0.885 bits per heavy atom. The summed E-state index contributed by atoms with van der Waals surface area (Å²) in [5.74, 6) is 0. The molecule has 0 aliphatic rings. The van der Waals surface area contributed by atoms with Gasteiger partial charge in [-0.1, -0.05) is 133 Å². The molecule has 0 bridgehead atoms. The Hall–Kier alpha value is -3.38. The molecule has 126 valence electrons. The second-order valence-electron chi connectivity index (χ2n) is 5.89. The third kappa shape index (κ3) is 5.61. The summed E-state index contributed by atoms with van der Waals surface area (Å²) in [7, 11) is 0. The Morgan fingerprint density at radius 1 is 0.308 bits per heavy atom. The highest BCUT2D eigenvalue weighted by Crippen LogP contribution is 2.17. The first-order valence-electron chi connectivity index (χ1n) is 8.80. The van der Waals surface area contributed by atoms with Crippen molar-refractivity contribution in [2.75, 3.05) is 0 Å². The molecular formula is C26H22. The third-order valence-corrected chi connectivity index (χ3v) is 3.95. The van der Waals surface area contributed by atoms with Crippen molar-refractivity contribution in [3.63, 3.8) is 0 Å². The average Bonchev–Trinajstić information content (AvgIpc) is 2.75. The summed E-state index contributed by atoms with van der Waals surface area (Å²) in [4.78, 5) is 0. The predicted octanol–water partition coefficient (Wildman–Crippen LogP) is 7.21. The van der Waals surface area contributed by atoms with Crippen LogP contribution in [0.5, 0.6) is 0 Å². The molecule has 0 heterocycles. The van der Waals surface area contributed by atoms with Crippen LogP contribution in [0.4, 0.5) is 0 Å². The van der Waals surface area contributed by atoms with Crippen molar-refractivity contribution in [3.05, 3.63) is 132 Å². The summed E-state index contributed by atoms with van der Waals surface area (Å²) in [6.45, 7) is 0. The lowest BCUT2D eigenvalue weighted by molar-refractivity contribution is 1.62. The maximum Gasteiger partial charge on any atom is -0.0184 e. The molecule has 0 amide bonds. The lowest BCUT2D eigenvalue weighted by Gasteiger charge is -1.98. The molecule has 4 rings (SSSR count). The van der Waals surface area contributed by atoms with Gasteiger partial charge in [-0.2, -0.15) is 0 Å². The zero-order chi connectivity index (χ0) is 17.9. The Bertz CT molecular complexity index is 814. The van der Waals surface area contributed by atoms with E-state index in [1.54, 1.807) is 0 Å². The van der Waals surface area contributed by atoms with Gasteiger partial charge in [0.15, 0.2) is 0 Å². The lowest BCUT2D eigenvalue weighted by atomic mass is 10.1. The van der Waals surface area contributed by atoms with Crippen LogP contribution in [0, 0.1) is 0 Å². The van der Waals surface area contributed by atoms with Crippen molar-refractivity contribution in [2.24, 2.45) is 0 Å². The summed E-state index contributed by atoms with van der Waals surface area (Å²) in [5.41, 5.74) is 5.02. The first-order chi connectivity index (χ1) is 12.9. The van der Waals surface area contributed by atoms with Gasteiger partial charge in [0.25, 0.3) is 0 Å². The van der Waals surface area contributed by atoms with Crippen LogP contribution in [0.25, 0.3) is 23.3 Å². The minimum Gasteiger partial charge on any atom is -0.0622 e. The third-order valence-electron chi connectivity index (χ3n) is 3.95. The van der Waals surface area contributed by atoms with Crippen molar-refractivity contribution >= 4 is 12.2 Å². The quantitative estimate of drug-likeness (QED) is 0.347. The van der Waals surface area contributed by atoms with Crippen LogP contribution in [-0.2, 0) is 0 Å². The van der Waals surface area contributed by atoms with Gasteiger partial charge in [0.05, 0.1) is 0 Å². The Kier molecular flexibility index (Phi) is 6.58. The molecule has 0 radical (unpaired) electrons. The second-order valence-corrected chi connectivity index (χ2v) is 5.89. The molecule has 0 fully saturated rings. The zero-order valence-electron chi connectivity index (χ0n) is 14.7. The van der Waals surface area contributed by atoms with E-state index >= 15 is 0 Å². The van der Waals surface area contributed by atoms with Gasteiger partial charge in [0.2, 0.25) is 0 Å². The molecule has 0 unspecified atom stereocenters. The van der Waals surface area contributed by atoms with Gasteiger partial charge in [0, 0.05) is 0 Å². The fraction of sp³-hybridized carbons (Fsp3) is 0. The second kappa shape index (κ2) is 9.80. The summed E-state index contributed by atoms with van der Waals surface area (Å²) in [6.07, 6.45) is 4.24. The van der Waals surface area contributed by atoms with Gasteiger partial charge in [-0.3, -0.25) is 0 Å². The lowest BCUT2D eigenvalue weighted by Crippen LogP contribution is -1.73. The molecule has 0 aliphatic carbocycles. The van der Waals surface area contributed by atoms with Crippen molar-refractivity contribution in [1.29, 1.82) is 0 Å². The molecule has 0 heteroatoms. The standard InChI is InChI=1S/C14H12.C12H10/c1-3-7-13(8-4-1)11-12-14-9-5-2-6-10-14;1-3-7-11(8-4-1)12-9-5-2-6-10-12/h1-12H;1-10H. The fourth-order valence-electron chi connectivity index (χ4n) is 2.58. The van der Waals surface area contributed by atoms with Gasteiger partial charge in [-0.15, -0.1) is 0 Å². The first-order valence-corrected chi connectivity index (χ1v) is 8.80. The summed E-state index contributed by atoms with van der Waals surface area (Å²) < 4.78 is 0. The van der Waals surface area contributed by atoms with E-state index in [0.717, 1.165) is 0 Å². The molecule has 0 N–H and O–H groups in total. The molecule has 26 heavy (non-hydrogen) atoms. The summed E-state index contributed by atoms with van der Waals surface area (Å²) in [5, 5.41) is 0. The van der Waals surface area contributed by atoms with Crippen molar-refractivity contribution in [1.82, 2.24) is 0 Å². The van der Waals surface area contributed by atoms with Crippen LogP contribution >= 0.6 is 0 Å². The van der Waals surface area contributed by atoms with E-state index in [4.69, 9.17) is 0 Å². The van der Waals surface area contributed by atoms with E-state index in [-0.39, 0.29) is 0 Å². The SMILES string of the molecule is C(=Cc1ccccc1)c1ccccc1.c1ccc(-c2ccccc2)cc1. The summed E-state index contributed by atoms with van der Waals surface area (Å²) in [6, 6.07) is 41.4. The van der Waals surface area contributed by atoms with Crippen molar-refractivity contribution in [3.8, 4) is 11.1 Å². The molecule has 0 aromatic heterocycles. The normalized spacial score (nSPS) is 10.2. The predicted molar refractivity (Wildman–Crippen MR) is 114 cm³/mol. The zero-order valence-corrected chi connectivity index (χ0v) is 14.7. The Labute approximate surface area is 156 Å². The highest BCUT2D eigenvalue weighted by atomic mass is 14.0. The van der Waals surface area contributed by atoms with Crippen LogP contribution < -0.4 is 0 Å². The Morgan fingerprint density at radius 2 is 0.577 bits per heavy atom. The monoisotopic (exact) mass is 334 g/mol. The Balaban J connectivity index is 0.000000152. The first kappa shape index (κ1) is 17.4. The molecule has 4 aromatic rings. The number of benzene rings is 4. The highest BCUT2D eigenvalue weighted by Gasteiger charge is 1.91. The van der Waals surface area contributed by atoms with Crippen LogP contribution in [0.3, 0.4) is 0 Å². The van der Waals surface area contributed by atoms with Crippen LogP contribution in [-0.4, -0.2) is 0 Å². The van der Waals surface area contributed by atoms with Gasteiger partial charge >= 0.3 is 0 Å². The largest absolute Gasteiger partial charge is 0.0622 e. The van der Waals surface area contributed by atoms with E-state index in [2.05, 4.69) is 84.9 Å². The van der Waals surface area contributed by atoms with Gasteiger partial charge < -0.3 is 0 Å². The number of hydrogen-bond donors (Lipinski definition) is 0. The molecule has 0 aliphatic heterocycles. The topological polar surface area (TPSA) is 0 Å². The van der Waals surface area contributed by atoms with Crippen molar-refractivity contribution < 1.29 is 0 Å². The number of hydrogen-bond acceptors (Lipinski definition) is 0. The minimum atomic E-state index is 1.23. The van der Waals surface area contributed by atoms with E-state index < -0.39 is 0 Å². The average molecular weight is 334 g/mol. The molecule has 0 saturated carbocycles. The van der Waals surface area contributed by atoms with Crippen molar-refractivity contribution in [2.45, 2.75) is 0 Å². The molecule has 0 atom stereocenters. The van der Waals surface area contributed by atoms with Crippen LogP contribution in [0.2, 0.25) is 0 Å². The van der Waals surface area contributed by atoms with Crippen LogP contribution in [0.1, 0.15) is 11.1 Å². The smallest absolute Gasteiger partial charge is 0.0184 e. The van der Waals surface area contributed by atoms with E-state index in [1.165, 1.54) is 22.3 Å². The van der Waals surface area contributed by atoms with Crippen LogP contribution in [0.15, 0.2) is 121 Å². The highest BCUT2D eigenvalue weighted by molar-refractivity contribution is 5.69. The molecule has 4 aromatic carbocycles. The molecule has 0 spiro atoms. The maximum absolute atomic E-state index is 2.12. The van der Waals surface area contributed by atoms with Gasteiger partial charge in [0.1, 0.15) is 0 Å². The van der Waals surface area contributed by atoms with Gasteiger partial charge in [-0.05, 0) is 22.3 Å². The summed E-state index contributed by atoms with van der Waals surface area (Å²) >= 11 is 0. The maximum atomic E-state index is 2.12. The fourth-order valence-corrected chi connectivity index (χ4v) is 2.58. The van der Waals surface area contributed by atoms with Gasteiger partial charge in [-0.25, -0.2) is 0 Å².